The van der Waals surface area contributed by atoms with E-state index < -0.39 is 0 Å². The van der Waals surface area contributed by atoms with E-state index in [0.29, 0.717) is 11.7 Å². The number of benzene rings is 1. The molecule has 0 bridgehead atoms. The maximum Gasteiger partial charge on any atom is 0.145 e. The van der Waals surface area contributed by atoms with Gasteiger partial charge in [-0.05, 0) is 35.6 Å². The summed E-state index contributed by atoms with van der Waals surface area (Å²) in [6.45, 7) is 6.63. The standard InChI is InChI=1S/C14H19N3/c1-4-11-9-12(5-6-13(11)10(2)3)17-8-7-14(15)16-17/h5-10H,4H2,1-3H3,(H2,15,16). The van der Waals surface area contributed by atoms with Crippen molar-refractivity contribution in [3.8, 4) is 5.69 Å². The molecule has 0 atom stereocenters. The number of hydrogen-bond donors (Lipinski definition) is 1. The zero-order chi connectivity index (χ0) is 12.4. The van der Waals surface area contributed by atoms with Crippen LogP contribution in [0, 0.1) is 0 Å². The van der Waals surface area contributed by atoms with Gasteiger partial charge in [0, 0.05) is 12.3 Å². The average Bonchev–Trinajstić information content (AvgIpc) is 2.75. The maximum absolute atomic E-state index is 5.63. The summed E-state index contributed by atoms with van der Waals surface area (Å²) in [5, 5.41) is 4.23. The monoisotopic (exact) mass is 229 g/mol. The third-order valence-corrected chi connectivity index (χ3v) is 3.00. The van der Waals surface area contributed by atoms with E-state index in [-0.39, 0.29) is 0 Å². The summed E-state index contributed by atoms with van der Waals surface area (Å²) >= 11 is 0. The Morgan fingerprint density at radius 2 is 2.06 bits per heavy atom. The van der Waals surface area contributed by atoms with E-state index in [2.05, 4.69) is 44.1 Å². The highest BCUT2D eigenvalue weighted by Crippen LogP contribution is 2.23. The molecule has 0 saturated carbocycles. The first-order valence-corrected chi connectivity index (χ1v) is 6.06. The largest absolute Gasteiger partial charge is 0.382 e. The summed E-state index contributed by atoms with van der Waals surface area (Å²) in [5.74, 6) is 1.11. The molecule has 2 aromatic rings. The molecule has 0 radical (unpaired) electrons. The first kappa shape index (κ1) is 11.7. The van der Waals surface area contributed by atoms with Crippen LogP contribution in [0.4, 0.5) is 5.82 Å². The second-order valence-electron chi connectivity index (χ2n) is 4.58. The molecule has 90 valence electrons. The van der Waals surface area contributed by atoms with Gasteiger partial charge in [0.1, 0.15) is 5.82 Å². The van der Waals surface area contributed by atoms with Gasteiger partial charge in [0.25, 0.3) is 0 Å². The van der Waals surface area contributed by atoms with Crippen molar-refractivity contribution in [2.45, 2.75) is 33.1 Å². The van der Waals surface area contributed by atoms with Gasteiger partial charge >= 0.3 is 0 Å². The minimum atomic E-state index is 0.552. The molecule has 3 nitrogen and oxygen atoms in total. The van der Waals surface area contributed by atoms with Crippen molar-refractivity contribution >= 4 is 5.82 Å². The molecule has 0 aliphatic rings. The molecule has 0 unspecified atom stereocenters. The topological polar surface area (TPSA) is 43.8 Å². The van der Waals surface area contributed by atoms with E-state index >= 15 is 0 Å². The molecule has 0 fully saturated rings. The molecule has 1 aromatic carbocycles. The highest BCUT2D eigenvalue weighted by atomic mass is 15.3. The summed E-state index contributed by atoms with van der Waals surface area (Å²) in [6.07, 6.45) is 2.93. The Balaban J connectivity index is 2.44. The van der Waals surface area contributed by atoms with Crippen LogP contribution in [0.3, 0.4) is 0 Å². The van der Waals surface area contributed by atoms with Gasteiger partial charge < -0.3 is 5.73 Å². The van der Waals surface area contributed by atoms with Crippen LogP contribution in [0.15, 0.2) is 30.5 Å². The normalized spacial score (nSPS) is 11.1. The number of nitrogen functional groups attached to an aromatic ring is 1. The van der Waals surface area contributed by atoms with Crippen molar-refractivity contribution in [3.05, 3.63) is 41.6 Å². The van der Waals surface area contributed by atoms with E-state index in [4.69, 9.17) is 5.73 Å². The van der Waals surface area contributed by atoms with Crippen molar-refractivity contribution in [3.63, 3.8) is 0 Å². The SMILES string of the molecule is CCc1cc(-n2ccc(N)n2)ccc1C(C)C. The molecule has 3 heteroatoms. The van der Waals surface area contributed by atoms with Gasteiger partial charge in [0.05, 0.1) is 5.69 Å². The lowest BCUT2D eigenvalue weighted by molar-refractivity contribution is 0.833. The number of nitrogens with two attached hydrogens (primary N) is 1. The first-order valence-electron chi connectivity index (χ1n) is 6.06. The number of hydrogen-bond acceptors (Lipinski definition) is 2. The zero-order valence-corrected chi connectivity index (χ0v) is 10.6. The van der Waals surface area contributed by atoms with Crippen LogP contribution < -0.4 is 5.73 Å². The fourth-order valence-corrected chi connectivity index (χ4v) is 2.09. The van der Waals surface area contributed by atoms with Gasteiger partial charge in [0.2, 0.25) is 0 Å². The van der Waals surface area contributed by atoms with Crippen LogP contribution in [0.1, 0.15) is 37.8 Å². The first-order chi connectivity index (χ1) is 8.11. The number of nitrogens with zero attached hydrogens (tertiary/aromatic N) is 2. The predicted molar refractivity (Wildman–Crippen MR) is 71.4 cm³/mol. The van der Waals surface area contributed by atoms with Crippen molar-refractivity contribution in [1.82, 2.24) is 9.78 Å². The Hall–Kier alpha value is -1.77. The maximum atomic E-state index is 5.63. The van der Waals surface area contributed by atoms with Gasteiger partial charge in [0.15, 0.2) is 0 Å². The average molecular weight is 229 g/mol. The second-order valence-corrected chi connectivity index (χ2v) is 4.58. The molecule has 1 heterocycles. The van der Waals surface area contributed by atoms with Crippen LogP contribution in [-0.2, 0) is 6.42 Å². The number of aromatic nitrogens is 2. The minimum Gasteiger partial charge on any atom is -0.382 e. The number of anilines is 1. The summed E-state index contributed by atoms with van der Waals surface area (Å²) < 4.78 is 1.82. The van der Waals surface area contributed by atoms with Gasteiger partial charge in [-0.2, -0.15) is 5.10 Å². The van der Waals surface area contributed by atoms with Crippen molar-refractivity contribution in [2.75, 3.05) is 5.73 Å². The quantitative estimate of drug-likeness (QED) is 0.878. The zero-order valence-electron chi connectivity index (χ0n) is 10.6. The molecule has 0 spiro atoms. The molecule has 2 rings (SSSR count). The van der Waals surface area contributed by atoms with Crippen LogP contribution >= 0.6 is 0 Å². The van der Waals surface area contributed by atoms with Gasteiger partial charge in [-0.15, -0.1) is 0 Å². The van der Waals surface area contributed by atoms with Crippen molar-refractivity contribution < 1.29 is 0 Å². The summed E-state index contributed by atoms with van der Waals surface area (Å²) in [4.78, 5) is 0. The molecule has 0 saturated heterocycles. The number of aryl methyl sites for hydroxylation is 1. The van der Waals surface area contributed by atoms with Crippen LogP contribution in [-0.4, -0.2) is 9.78 Å². The Morgan fingerprint density at radius 3 is 2.59 bits per heavy atom. The molecular weight excluding hydrogens is 210 g/mol. The van der Waals surface area contributed by atoms with Gasteiger partial charge in [-0.3, -0.25) is 0 Å². The smallest absolute Gasteiger partial charge is 0.145 e. The van der Waals surface area contributed by atoms with Gasteiger partial charge in [-0.1, -0.05) is 26.8 Å². The Labute approximate surface area is 102 Å². The molecule has 1 aromatic heterocycles. The molecular formula is C14H19N3. The van der Waals surface area contributed by atoms with E-state index in [1.54, 1.807) is 0 Å². The predicted octanol–water partition coefficient (Wildman–Crippen LogP) is 3.14. The molecule has 17 heavy (non-hydrogen) atoms. The third-order valence-electron chi connectivity index (χ3n) is 3.00. The lowest BCUT2D eigenvalue weighted by Crippen LogP contribution is -2.01. The molecule has 0 aliphatic heterocycles. The van der Waals surface area contributed by atoms with E-state index in [1.807, 2.05) is 16.9 Å². The molecule has 0 aliphatic carbocycles. The minimum absolute atomic E-state index is 0.552. The van der Waals surface area contributed by atoms with Crippen molar-refractivity contribution in [2.24, 2.45) is 0 Å². The number of rotatable bonds is 3. The Bertz CT molecular complexity index is 512. The van der Waals surface area contributed by atoms with Crippen LogP contribution in [0.25, 0.3) is 5.69 Å². The Morgan fingerprint density at radius 1 is 1.29 bits per heavy atom. The lowest BCUT2D eigenvalue weighted by atomic mass is 9.95. The van der Waals surface area contributed by atoms with Crippen LogP contribution in [0.5, 0.6) is 0 Å². The lowest BCUT2D eigenvalue weighted by Gasteiger charge is -2.13. The van der Waals surface area contributed by atoms with Gasteiger partial charge in [-0.25, -0.2) is 4.68 Å². The summed E-state index contributed by atoms with van der Waals surface area (Å²) in [6, 6.07) is 8.29. The van der Waals surface area contributed by atoms with Crippen LogP contribution in [0.2, 0.25) is 0 Å². The highest BCUT2D eigenvalue weighted by molar-refractivity contribution is 5.42. The van der Waals surface area contributed by atoms with E-state index in [0.717, 1.165) is 12.1 Å². The van der Waals surface area contributed by atoms with E-state index in [1.165, 1.54) is 11.1 Å². The molecule has 2 N–H and O–H groups in total. The molecule has 0 amide bonds. The summed E-state index contributed by atoms with van der Waals surface area (Å²) in [7, 11) is 0. The Kier molecular flexibility index (Phi) is 3.18. The van der Waals surface area contributed by atoms with E-state index in [9.17, 15) is 0 Å². The fraction of sp³-hybridized carbons (Fsp3) is 0.357. The highest BCUT2D eigenvalue weighted by Gasteiger charge is 2.07. The summed E-state index contributed by atoms with van der Waals surface area (Å²) in [5.41, 5.74) is 9.50. The van der Waals surface area contributed by atoms with Crippen molar-refractivity contribution in [1.29, 1.82) is 0 Å². The second kappa shape index (κ2) is 4.62. The fourth-order valence-electron chi connectivity index (χ4n) is 2.09. The third kappa shape index (κ3) is 2.33.